The number of hydrogen-bond donors (Lipinski definition) is 1. The van der Waals surface area contributed by atoms with Crippen molar-refractivity contribution in [1.29, 1.82) is 0 Å². The summed E-state index contributed by atoms with van der Waals surface area (Å²) in [5.74, 6) is -57.0. The van der Waals surface area contributed by atoms with Gasteiger partial charge in [0.05, 0.1) is 20.3 Å². The molecule has 2 aromatic carbocycles. The molecule has 27 heteroatoms. The Hall–Kier alpha value is -4.53. The molecule has 0 saturated carbocycles. The van der Waals surface area contributed by atoms with Gasteiger partial charge in [-0.15, -0.1) is 0 Å². The second-order valence-electron chi connectivity index (χ2n) is 16.0. The van der Waals surface area contributed by atoms with E-state index in [1.165, 1.54) is 92.2 Å². The fourth-order valence-corrected chi connectivity index (χ4v) is 11.4. The molecule has 0 aliphatic carbocycles. The Morgan fingerprint density at radius 3 is 1.54 bits per heavy atom. The Kier molecular flexibility index (Phi) is 19.6. The zero-order valence-electron chi connectivity index (χ0n) is 38.2. The third-order valence-electron chi connectivity index (χ3n) is 11.2. The number of methoxy groups -OCH3 is 2. The average molecular weight is 1050 g/mol. The minimum Gasteiger partial charge on any atom is -0.497 e. The molecule has 0 unspecified atom stereocenters. The smallest absolute Gasteiger partial charge is 0.460 e. The van der Waals surface area contributed by atoms with Gasteiger partial charge in [-0.05, 0) is 85.4 Å². The molecule has 0 saturated heterocycles. The van der Waals surface area contributed by atoms with Crippen molar-refractivity contribution in [2.24, 2.45) is 0 Å². The van der Waals surface area contributed by atoms with Crippen LogP contribution in [0.3, 0.4) is 0 Å². The van der Waals surface area contributed by atoms with Crippen LogP contribution >= 0.6 is 0 Å². The number of carbonyl (C=O) groups is 2. The first-order valence-electron chi connectivity index (χ1n) is 20.4. The van der Waals surface area contributed by atoms with Crippen LogP contribution in [-0.4, -0.2) is 108 Å². The monoisotopic (exact) mass is 1050 g/mol. The minimum atomic E-state index is -8.71. The summed E-state index contributed by atoms with van der Waals surface area (Å²) in [4.78, 5) is 25.8. The summed E-state index contributed by atoms with van der Waals surface area (Å²) in [7, 11) is -1.33. The van der Waals surface area contributed by atoms with Gasteiger partial charge in [0.2, 0.25) is 0 Å². The number of alkyl halides is 17. The van der Waals surface area contributed by atoms with E-state index in [0.717, 1.165) is 0 Å². The summed E-state index contributed by atoms with van der Waals surface area (Å²) < 4.78 is 270. The highest BCUT2D eigenvalue weighted by Crippen LogP contribution is 2.64. The Balaban J connectivity index is 2.38. The second-order valence-corrected chi connectivity index (χ2v) is 21.1. The van der Waals surface area contributed by atoms with Gasteiger partial charge in [0, 0.05) is 24.8 Å². The minimum absolute atomic E-state index is 0.0473. The van der Waals surface area contributed by atoms with E-state index in [2.05, 4.69) is 5.32 Å². The number of nitrogens with one attached hydrogen (secondary N) is 1. The molecule has 1 amide bonds. The van der Waals surface area contributed by atoms with Gasteiger partial charge < -0.3 is 28.1 Å². The average Bonchev–Trinajstić information content (AvgIpc) is 3.25. The quantitative estimate of drug-likeness (QED) is 0.0345. The Morgan fingerprint density at radius 2 is 1.10 bits per heavy atom. The van der Waals surface area contributed by atoms with E-state index in [-0.39, 0.29) is 23.5 Å². The lowest BCUT2D eigenvalue weighted by molar-refractivity contribution is -0.461. The van der Waals surface area contributed by atoms with E-state index < -0.39 is 117 Å². The first-order valence-corrected chi connectivity index (χ1v) is 22.7. The molecule has 1 N–H and O–H groups in total. The molecule has 0 spiro atoms. The van der Waals surface area contributed by atoms with Crippen molar-refractivity contribution in [3.05, 3.63) is 65.2 Å². The molecule has 2 rings (SSSR count). The Labute approximate surface area is 386 Å². The summed E-state index contributed by atoms with van der Waals surface area (Å²) >= 11 is 0. The number of carbonyl (C=O) groups excluding carboxylic acids is 2. The summed E-state index contributed by atoms with van der Waals surface area (Å²) in [6, 6.07) is 10.4. The Bertz CT molecular complexity index is 2040. The van der Waals surface area contributed by atoms with Crippen LogP contribution in [-0.2, 0) is 23.4 Å². The van der Waals surface area contributed by atoms with E-state index in [4.69, 9.17) is 28.1 Å². The van der Waals surface area contributed by atoms with Crippen LogP contribution in [0.15, 0.2) is 59.7 Å². The predicted octanol–water partition coefficient (Wildman–Crippen LogP) is 13.5. The SMILES string of the molecule is CCOC(=O)/C(C)=C(\C)[C@H](OC)[C@@H](OC(=O)Nc1ccc(OC)cc1)c1ccc(OCCO[Si](CCC(F)(F)C(F)(F)C(F)(F)C(F)(F)C(F)(F)C(F)(F)C(F)(F)C(F)(F)F)(C(C)C)C(C)C)cc1. The maximum Gasteiger partial charge on any atom is 0.460 e. The third-order valence-corrected chi connectivity index (χ3v) is 16.9. The maximum atomic E-state index is 15.1. The molecule has 0 aromatic heterocycles. The molecule has 0 bridgehead atoms. The van der Waals surface area contributed by atoms with Crippen LogP contribution in [0.5, 0.6) is 11.5 Å². The number of amides is 1. The highest BCUT2D eigenvalue weighted by atomic mass is 28.4. The second kappa shape index (κ2) is 22.3. The van der Waals surface area contributed by atoms with E-state index in [0.29, 0.717) is 17.0 Å². The van der Waals surface area contributed by atoms with Crippen LogP contribution in [0.2, 0.25) is 17.1 Å². The third kappa shape index (κ3) is 12.2. The molecule has 9 nitrogen and oxygen atoms in total. The highest BCUT2D eigenvalue weighted by molar-refractivity contribution is 6.76. The zero-order valence-corrected chi connectivity index (χ0v) is 39.2. The van der Waals surface area contributed by atoms with Crippen LogP contribution in [0, 0.1) is 0 Å². The van der Waals surface area contributed by atoms with Crippen LogP contribution < -0.4 is 14.8 Å². The topological polar surface area (TPSA) is 102 Å². The summed E-state index contributed by atoms with van der Waals surface area (Å²) in [5.41, 5.74) is -0.788. The first kappa shape index (κ1) is 60.6. The number of benzene rings is 2. The van der Waals surface area contributed by atoms with Crippen molar-refractivity contribution in [3.63, 3.8) is 0 Å². The molecular weight excluding hydrogens is 998 g/mol. The molecule has 394 valence electrons. The number of esters is 1. The van der Waals surface area contributed by atoms with Gasteiger partial charge in [-0.2, -0.15) is 74.6 Å². The number of ether oxygens (including phenoxy) is 5. The van der Waals surface area contributed by atoms with Gasteiger partial charge in [0.15, 0.2) is 14.4 Å². The van der Waals surface area contributed by atoms with E-state index in [9.17, 15) is 75.4 Å². The van der Waals surface area contributed by atoms with Gasteiger partial charge in [-0.1, -0.05) is 39.8 Å². The zero-order chi connectivity index (χ0) is 53.6. The van der Waals surface area contributed by atoms with Crippen molar-refractivity contribution in [2.75, 3.05) is 39.4 Å². The van der Waals surface area contributed by atoms with Crippen molar-refractivity contribution in [1.82, 2.24) is 0 Å². The van der Waals surface area contributed by atoms with E-state index in [1.54, 1.807) is 19.1 Å². The number of anilines is 1. The number of halogens is 17. The number of rotatable bonds is 25. The predicted molar refractivity (Wildman–Crippen MR) is 216 cm³/mol. The molecule has 0 fully saturated rings. The number of hydrogen-bond acceptors (Lipinski definition) is 8. The fourth-order valence-electron chi connectivity index (χ4n) is 6.88. The lowest BCUT2D eigenvalue weighted by Crippen LogP contribution is -2.74. The van der Waals surface area contributed by atoms with Gasteiger partial charge >= 0.3 is 59.7 Å². The van der Waals surface area contributed by atoms with Crippen LogP contribution in [0.1, 0.15) is 66.6 Å². The van der Waals surface area contributed by atoms with Crippen molar-refractivity contribution >= 4 is 26.1 Å². The Morgan fingerprint density at radius 1 is 0.638 bits per heavy atom. The largest absolute Gasteiger partial charge is 0.497 e. The molecule has 69 heavy (non-hydrogen) atoms. The normalized spacial score (nSPS) is 15.1. The van der Waals surface area contributed by atoms with Gasteiger partial charge in [0.1, 0.15) is 24.2 Å². The van der Waals surface area contributed by atoms with Crippen LogP contribution in [0.4, 0.5) is 85.1 Å². The summed E-state index contributed by atoms with van der Waals surface area (Å²) in [5, 5.41) is 2.55. The molecule has 0 aliphatic heterocycles. The van der Waals surface area contributed by atoms with E-state index >= 15 is 8.78 Å². The first-order chi connectivity index (χ1) is 31.3. The summed E-state index contributed by atoms with van der Waals surface area (Å²) in [6.45, 7) is 8.85. The van der Waals surface area contributed by atoms with Crippen molar-refractivity contribution in [3.8, 4) is 11.5 Å². The van der Waals surface area contributed by atoms with Gasteiger partial charge in [-0.3, -0.25) is 5.32 Å². The van der Waals surface area contributed by atoms with E-state index in [1.807, 2.05) is 0 Å². The lowest BCUT2D eigenvalue weighted by Gasteiger charge is -2.44. The van der Waals surface area contributed by atoms with Crippen molar-refractivity contribution < 1.29 is 112 Å². The standard InChI is InChI=1S/C42H50F17NO8Si/c1-10-65-33(61)26(7)25(6)31(64-9)32(68-34(62)60-28-13-17-29(63-8)18-14-28)27-11-15-30(16-12-27)66-20-21-67-69(23(2)3,24(4)5)22-19-35(43,44)36(45,46)37(47,48)38(49,50)39(51,52)40(53,54)41(55,56)42(57,58)59/h11-18,23-24,31-32H,10,19-22H2,1-9H3,(H,60,62)/b26-25+/t31-,32-/m0/s1. The van der Waals surface area contributed by atoms with Gasteiger partial charge in [-0.25, -0.2) is 9.59 Å². The molecule has 2 aromatic rings. The van der Waals surface area contributed by atoms with Gasteiger partial charge in [0.25, 0.3) is 0 Å². The molecule has 0 aliphatic rings. The molecular formula is C42H50F17NO8Si. The van der Waals surface area contributed by atoms with Crippen molar-refractivity contribution in [2.45, 2.75) is 132 Å². The highest BCUT2D eigenvalue weighted by Gasteiger charge is 2.95. The summed E-state index contributed by atoms with van der Waals surface area (Å²) in [6.07, 6.45) is -13.7. The maximum absolute atomic E-state index is 15.1. The van der Waals surface area contributed by atoms with Crippen LogP contribution in [0.25, 0.3) is 0 Å². The fraction of sp³-hybridized carbons (Fsp3) is 0.619. The molecule has 0 heterocycles. The molecule has 2 atom stereocenters. The lowest BCUT2D eigenvalue weighted by atomic mass is 9.88. The molecule has 0 radical (unpaired) electrons.